The molecule has 0 spiro atoms. The molecule has 0 amide bonds. The third-order valence-electron chi connectivity index (χ3n) is 3.58. The maximum Gasteiger partial charge on any atom is 0.343 e. The number of carbonyl (C=O) groups is 1. The third kappa shape index (κ3) is 3.40. The van der Waals surface area contributed by atoms with Crippen LogP contribution in [0.15, 0.2) is 71.9 Å². The molecule has 1 aliphatic rings. The molecule has 0 fully saturated rings. The SMILES string of the molecule is CC1=C(C(=O)Oc2ccccc2)C(c2ccccc2)NC(=S)N1. The predicted octanol–water partition coefficient (Wildman–Crippen LogP) is 3.09. The Bertz CT molecular complexity index is 757. The summed E-state index contributed by atoms with van der Waals surface area (Å²) in [7, 11) is 0. The number of allylic oxidation sites excluding steroid dienone is 1. The zero-order chi connectivity index (χ0) is 16.2. The lowest BCUT2D eigenvalue weighted by atomic mass is 9.96. The van der Waals surface area contributed by atoms with Gasteiger partial charge < -0.3 is 15.4 Å². The van der Waals surface area contributed by atoms with Crippen LogP contribution in [0.4, 0.5) is 0 Å². The van der Waals surface area contributed by atoms with Gasteiger partial charge in [-0.15, -0.1) is 0 Å². The summed E-state index contributed by atoms with van der Waals surface area (Å²) in [6.45, 7) is 1.82. The zero-order valence-corrected chi connectivity index (χ0v) is 13.4. The lowest BCUT2D eigenvalue weighted by Crippen LogP contribution is -2.45. The van der Waals surface area contributed by atoms with E-state index in [1.165, 1.54) is 0 Å². The van der Waals surface area contributed by atoms with Gasteiger partial charge in [0.2, 0.25) is 0 Å². The number of carbonyl (C=O) groups excluding carboxylic acids is 1. The van der Waals surface area contributed by atoms with Gasteiger partial charge in [-0.2, -0.15) is 0 Å². The van der Waals surface area contributed by atoms with Gasteiger partial charge in [0, 0.05) is 5.70 Å². The molecule has 0 saturated heterocycles. The first kappa shape index (κ1) is 15.2. The van der Waals surface area contributed by atoms with E-state index in [2.05, 4.69) is 10.6 Å². The Morgan fingerprint density at radius 2 is 1.65 bits per heavy atom. The molecule has 0 radical (unpaired) electrons. The number of ether oxygens (including phenoxy) is 1. The van der Waals surface area contributed by atoms with Gasteiger partial charge >= 0.3 is 5.97 Å². The minimum atomic E-state index is -0.398. The van der Waals surface area contributed by atoms with E-state index in [0.29, 0.717) is 22.1 Å². The first-order chi connectivity index (χ1) is 11.1. The average Bonchev–Trinajstić information content (AvgIpc) is 2.55. The fourth-order valence-electron chi connectivity index (χ4n) is 2.51. The second-order valence-corrected chi connectivity index (χ2v) is 5.59. The van der Waals surface area contributed by atoms with Crippen molar-refractivity contribution in [2.24, 2.45) is 0 Å². The Balaban J connectivity index is 1.94. The third-order valence-corrected chi connectivity index (χ3v) is 3.80. The normalized spacial score (nSPS) is 17.3. The molecular weight excluding hydrogens is 308 g/mol. The van der Waals surface area contributed by atoms with Crippen molar-refractivity contribution in [1.29, 1.82) is 0 Å². The van der Waals surface area contributed by atoms with Crippen molar-refractivity contribution in [2.45, 2.75) is 13.0 Å². The molecule has 0 bridgehead atoms. The topological polar surface area (TPSA) is 50.4 Å². The van der Waals surface area contributed by atoms with Crippen molar-refractivity contribution >= 4 is 23.3 Å². The predicted molar refractivity (Wildman–Crippen MR) is 92.8 cm³/mol. The molecule has 2 aromatic carbocycles. The van der Waals surface area contributed by atoms with Crippen LogP contribution in [-0.2, 0) is 4.79 Å². The summed E-state index contributed by atoms with van der Waals surface area (Å²) >= 11 is 5.22. The van der Waals surface area contributed by atoms with E-state index < -0.39 is 5.97 Å². The minimum absolute atomic E-state index is 0.332. The molecule has 1 heterocycles. The molecule has 23 heavy (non-hydrogen) atoms. The second kappa shape index (κ2) is 6.62. The van der Waals surface area contributed by atoms with E-state index in [1.54, 1.807) is 12.1 Å². The van der Waals surface area contributed by atoms with E-state index in [1.807, 2.05) is 55.5 Å². The molecular formula is C18H16N2O2S. The highest BCUT2D eigenvalue weighted by Crippen LogP contribution is 2.28. The second-order valence-electron chi connectivity index (χ2n) is 5.18. The molecule has 5 heteroatoms. The van der Waals surface area contributed by atoms with Crippen molar-refractivity contribution in [1.82, 2.24) is 10.6 Å². The number of thiocarbonyl (C=S) groups is 1. The molecule has 0 saturated carbocycles. The van der Waals surface area contributed by atoms with Gasteiger partial charge in [0.15, 0.2) is 5.11 Å². The van der Waals surface area contributed by atoms with Crippen molar-refractivity contribution in [3.05, 3.63) is 77.5 Å². The summed E-state index contributed by atoms with van der Waals surface area (Å²) < 4.78 is 5.49. The van der Waals surface area contributed by atoms with Crippen molar-refractivity contribution in [3.63, 3.8) is 0 Å². The number of para-hydroxylation sites is 1. The minimum Gasteiger partial charge on any atom is -0.423 e. The summed E-state index contributed by atoms with van der Waals surface area (Å²) in [5.74, 6) is 0.114. The van der Waals surface area contributed by atoms with Crippen LogP contribution in [-0.4, -0.2) is 11.1 Å². The van der Waals surface area contributed by atoms with Crippen molar-refractivity contribution < 1.29 is 9.53 Å². The van der Waals surface area contributed by atoms with Gasteiger partial charge in [-0.05, 0) is 36.8 Å². The Kier molecular flexibility index (Phi) is 4.39. The van der Waals surface area contributed by atoms with E-state index >= 15 is 0 Å². The highest BCUT2D eigenvalue weighted by Gasteiger charge is 2.31. The molecule has 0 aromatic heterocycles. The Labute approximate surface area is 140 Å². The van der Waals surface area contributed by atoms with Crippen LogP contribution in [0.25, 0.3) is 0 Å². The van der Waals surface area contributed by atoms with Crippen LogP contribution < -0.4 is 15.4 Å². The molecule has 4 nitrogen and oxygen atoms in total. The zero-order valence-electron chi connectivity index (χ0n) is 12.6. The van der Waals surface area contributed by atoms with E-state index in [0.717, 1.165) is 5.56 Å². The number of rotatable bonds is 3. The number of esters is 1. The Morgan fingerprint density at radius 1 is 1.04 bits per heavy atom. The standard InChI is InChI=1S/C18H16N2O2S/c1-12-15(17(21)22-14-10-6-3-7-11-14)16(20-18(23)19-12)13-8-4-2-5-9-13/h2-11,16H,1H3,(H2,19,20,23). The van der Waals surface area contributed by atoms with Crippen molar-refractivity contribution in [3.8, 4) is 5.75 Å². The molecule has 3 rings (SSSR count). The summed E-state index contributed by atoms with van der Waals surface area (Å²) in [6, 6.07) is 18.4. The molecule has 116 valence electrons. The fourth-order valence-corrected chi connectivity index (χ4v) is 2.78. The number of nitrogens with one attached hydrogen (secondary N) is 2. The maximum atomic E-state index is 12.7. The monoisotopic (exact) mass is 324 g/mol. The fraction of sp³-hybridized carbons (Fsp3) is 0.111. The van der Waals surface area contributed by atoms with Crippen molar-refractivity contribution in [2.75, 3.05) is 0 Å². The quantitative estimate of drug-likeness (QED) is 0.516. The largest absolute Gasteiger partial charge is 0.423 e. The number of hydrogen-bond donors (Lipinski definition) is 2. The molecule has 0 aliphatic carbocycles. The van der Waals surface area contributed by atoms with Gasteiger partial charge in [-0.3, -0.25) is 0 Å². The van der Waals surface area contributed by atoms with Gasteiger partial charge in [0.1, 0.15) is 5.75 Å². The summed E-state index contributed by atoms with van der Waals surface area (Å²) in [5.41, 5.74) is 2.17. The van der Waals surface area contributed by atoms with Crippen LogP contribution >= 0.6 is 12.2 Å². The van der Waals surface area contributed by atoms with Crippen LogP contribution in [0.5, 0.6) is 5.75 Å². The van der Waals surface area contributed by atoms with Crippen LogP contribution in [0, 0.1) is 0 Å². The number of hydrogen-bond acceptors (Lipinski definition) is 3. The first-order valence-corrected chi connectivity index (χ1v) is 7.66. The smallest absolute Gasteiger partial charge is 0.343 e. The highest BCUT2D eigenvalue weighted by molar-refractivity contribution is 7.80. The maximum absolute atomic E-state index is 12.7. The Morgan fingerprint density at radius 3 is 2.30 bits per heavy atom. The van der Waals surface area contributed by atoms with E-state index in [9.17, 15) is 4.79 Å². The molecule has 2 aromatic rings. The van der Waals surface area contributed by atoms with Gasteiger partial charge in [-0.25, -0.2) is 4.79 Å². The van der Waals surface area contributed by atoms with Gasteiger partial charge in [0.05, 0.1) is 11.6 Å². The summed E-state index contributed by atoms with van der Waals surface area (Å²) in [6.07, 6.45) is 0. The number of benzene rings is 2. The molecule has 1 aliphatic heterocycles. The van der Waals surface area contributed by atoms with Gasteiger partial charge in [0.25, 0.3) is 0 Å². The lowest BCUT2D eigenvalue weighted by Gasteiger charge is -2.29. The van der Waals surface area contributed by atoms with Crippen LogP contribution in [0.1, 0.15) is 18.5 Å². The van der Waals surface area contributed by atoms with Crippen LogP contribution in [0.2, 0.25) is 0 Å². The van der Waals surface area contributed by atoms with Gasteiger partial charge in [-0.1, -0.05) is 48.5 Å². The highest BCUT2D eigenvalue weighted by atomic mass is 32.1. The van der Waals surface area contributed by atoms with E-state index in [4.69, 9.17) is 17.0 Å². The molecule has 2 N–H and O–H groups in total. The first-order valence-electron chi connectivity index (χ1n) is 7.25. The summed E-state index contributed by atoms with van der Waals surface area (Å²) in [5, 5.41) is 6.63. The average molecular weight is 324 g/mol. The van der Waals surface area contributed by atoms with E-state index in [-0.39, 0.29) is 6.04 Å². The summed E-state index contributed by atoms with van der Waals surface area (Å²) in [4.78, 5) is 12.7. The molecule has 1 atom stereocenters. The Hall–Kier alpha value is -2.66. The van der Waals surface area contributed by atoms with Crippen LogP contribution in [0.3, 0.4) is 0 Å². The lowest BCUT2D eigenvalue weighted by molar-refractivity contribution is -0.130. The molecule has 1 unspecified atom stereocenters.